The summed E-state index contributed by atoms with van der Waals surface area (Å²) in [5.41, 5.74) is 2.78. The molecule has 1 atom stereocenters. The molecule has 0 aliphatic carbocycles. The zero-order valence-corrected chi connectivity index (χ0v) is 20.5. The van der Waals surface area contributed by atoms with E-state index in [9.17, 15) is 13.5 Å². The molecule has 0 spiro atoms. The van der Waals surface area contributed by atoms with Gasteiger partial charge in [0.05, 0.1) is 18.9 Å². The van der Waals surface area contributed by atoms with Gasteiger partial charge >= 0.3 is 0 Å². The Morgan fingerprint density at radius 3 is 2.23 bits per heavy atom. The first-order valence-corrected chi connectivity index (χ1v) is 11.3. The third kappa shape index (κ3) is 8.99. The van der Waals surface area contributed by atoms with E-state index < -0.39 is 10.0 Å². The maximum Gasteiger partial charge on any atom is 0.215 e. The van der Waals surface area contributed by atoms with E-state index in [4.69, 9.17) is 0 Å². The van der Waals surface area contributed by atoms with Crippen LogP contribution in [0.1, 0.15) is 29.5 Å². The summed E-state index contributed by atoms with van der Waals surface area (Å²) in [5.74, 6) is 0.608. The van der Waals surface area contributed by atoms with Crippen molar-refractivity contribution in [3.63, 3.8) is 0 Å². The number of aliphatic hydroxyl groups excluding tert-OH is 1. The maximum absolute atomic E-state index is 11.6. The van der Waals surface area contributed by atoms with Crippen LogP contribution in [0.5, 0.6) is 0 Å². The predicted octanol–water partition coefficient (Wildman–Crippen LogP) is 2.19. The van der Waals surface area contributed by atoms with Crippen molar-refractivity contribution in [2.24, 2.45) is 4.99 Å². The molecule has 0 bridgehead atoms. The second-order valence-electron chi connectivity index (χ2n) is 6.65. The number of halogens is 1. The molecule has 7 nitrogen and oxygen atoms in total. The topological polar surface area (TPSA) is 103 Å². The zero-order chi connectivity index (χ0) is 21.1. The van der Waals surface area contributed by atoms with Gasteiger partial charge in [0, 0.05) is 19.0 Å². The third-order valence-electron chi connectivity index (χ3n) is 4.46. The van der Waals surface area contributed by atoms with Gasteiger partial charge in [-0.3, -0.25) is 0 Å². The summed E-state index contributed by atoms with van der Waals surface area (Å²) < 4.78 is 25.6. The van der Waals surface area contributed by atoms with Crippen LogP contribution in [0.25, 0.3) is 0 Å². The van der Waals surface area contributed by atoms with Crippen LogP contribution in [0.4, 0.5) is 0 Å². The van der Waals surface area contributed by atoms with Crippen molar-refractivity contribution >= 4 is 40.0 Å². The van der Waals surface area contributed by atoms with Crippen LogP contribution in [0, 0.1) is 0 Å². The predicted molar refractivity (Wildman–Crippen MR) is 133 cm³/mol. The Morgan fingerprint density at radius 1 is 1.03 bits per heavy atom. The molecule has 4 N–H and O–H groups in total. The highest BCUT2D eigenvalue weighted by Crippen LogP contribution is 2.13. The Balaban J connectivity index is 0.00000450. The van der Waals surface area contributed by atoms with Crippen molar-refractivity contribution in [3.05, 3.63) is 71.3 Å². The normalized spacial score (nSPS) is 12.7. The molecule has 0 aromatic heterocycles. The number of aliphatic hydroxyl groups is 1. The van der Waals surface area contributed by atoms with Crippen molar-refractivity contribution < 1.29 is 13.5 Å². The average Bonchev–Trinajstić information content (AvgIpc) is 2.74. The minimum absolute atomic E-state index is 0. The van der Waals surface area contributed by atoms with Gasteiger partial charge in [0.15, 0.2) is 5.96 Å². The molecule has 0 fully saturated rings. The summed E-state index contributed by atoms with van der Waals surface area (Å²) in [5, 5.41) is 16.2. The fourth-order valence-corrected chi connectivity index (χ4v) is 3.55. The Bertz CT molecular complexity index is 875. The molecule has 0 amide bonds. The number of benzene rings is 2. The lowest BCUT2D eigenvalue weighted by Crippen LogP contribution is -2.39. The van der Waals surface area contributed by atoms with E-state index in [1.165, 1.54) is 7.05 Å². The average molecular weight is 546 g/mol. The van der Waals surface area contributed by atoms with Gasteiger partial charge in [-0.25, -0.2) is 18.1 Å². The van der Waals surface area contributed by atoms with Crippen LogP contribution < -0.4 is 15.4 Å². The van der Waals surface area contributed by atoms with E-state index in [-0.39, 0.29) is 42.3 Å². The fraction of sp³-hybridized carbons (Fsp3) is 0.381. The lowest BCUT2D eigenvalue weighted by Gasteiger charge is -2.18. The number of hydrogen-bond acceptors (Lipinski definition) is 4. The summed E-state index contributed by atoms with van der Waals surface area (Å²) in [4.78, 5) is 4.59. The fourth-order valence-electron chi connectivity index (χ4n) is 2.78. The highest BCUT2D eigenvalue weighted by Gasteiger charge is 2.11. The van der Waals surface area contributed by atoms with E-state index in [0.717, 1.165) is 23.2 Å². The molecule has 2 aromatic rings. The number of nitrogens with zero attached hydrogens (tertiary/aromatic N) is 1. The minimum Gasteiger partial charge on any atom is -0.396 e. The van der Waals surface area contributed by atoms with Crippen LogP contribution in [0.3, 0.4) is 0 Å². The van der Waals surface area contributed by atoms with Crippen molar-refractivity contribution in [2.45, 2.75) is 25.1 Å². The number of rotatable bonds is 10. The molecule has 0 aliphatic heterocycles. The van der Waals surface area contributed by atoms with E-state index >= 15 is 0 Å². The first-order chi connectivity index (χ1) is 14.0. The van der Waals surface area contributed by atoms with Crippen LogP contribution >= 0.6 is 24.0 Å². The van der Waals surface area contributed by atoms with E-state index in [1.807, 2.05) is 49.4 Å². The van der Waals surface area contributed by atoms with Crippen molar-refractivity contribution in [1.82, 2.24) is 15.4 Å². The second-order valence-corrected chi connectivity index (χ2v) is 8.57. The van der Waals surface area contributed by atoms with Gasteiger partial charge in [0.1, 0.15) is 0 Å². The summed E-state index contributed by atoms with van der Waals surface area (Å²) in [7, 11) is -1.87. The number of hydrogen-bond donors (Lipinski definition) is 4. The van der Waals surface area contributed by atoms with Crippen molar-refractivity contribution in [3.8, 4) is 0 Å². The van der Waals surface area contributed by atoms with Gasteiger partial charge in [0.2, 0.25) is 10.0 Å². The molecule has 0 saturated heterocycles. The molecule has 0 aliphatic rings. The SMILES string of the molecule is CCNC(=NCc1ccc(CS(=O)(=O)NC)cc1)NCC(CO)c1ccccc1.I. The molecule has 0 saturated carbocycles. The van der Waals surface area contributed by atoms with Gasteiger partial charge in [0.25, 0.3) is 0 Å². The zero-order valence-electron chi connectivity index (χ0n) is 17.3. The summed E-state index contributed by atoms with van der Waals surface area (Å²) in [6.45, 7) is 3.79. The minimum atomic E-state index is -3.28. The van der Waals surface area contributed by atoms with Gasteiger partial charge in [-0.2, -0.15) is 0 Å². The third-order valence-corrected chi connectivity index (χ3v) is 5.80. The first kappa shape index (κ1) is 26.3. The van der Waals surface area contributed by atoms with E-state index in [1.54, 1.807) is 12.1 Å². The highest BCUT2D eigenvalue weighted by molar-refractivity contribution is 14.0. The quantitative estimate of drug-likeness (QED) is 0.208. The molecular weight excluding hydrogens is 515 g/mol. The number of nitrogens with one attached hydrogen (secondary N) is 3. The number of sulfonamides is 1. The summed E-state index contributed by atoms with van der Waals surface area (Å²) in [6, 6.07) is 17.3. The first-order valence-electron chi connectivity index (χ1n) is 9.64. The molecular formula is C21H31IN4O3S. The molecule has 0 radical (unpaired) electrons. The number of guanidine groups is 1. The molecule has 0 heterocycles. The smallest absolute Gasteiger partial charge is 0.215 e. The maximum atomic E-state index is 11.6. The molecule has 9 heteroatoms. The van der Waals surface area contributed by atoms with Crippen LogP contribution in [0.15, 0.2) is 59.6 Å². The Hall–Kier alpha value is -1.69. The molecule has 1 unspecified atom stereocenters. The second kappa shape index (κ2) is 13.6. The van der Waals surface area contributed by atoms with Gasteiger partial charge in [-0.05, 0) is 30.7 Å². The highest BCUT2D eigenvalue weighted by atomic mass is 127. The monoisotopic (exact) mass is 546 g/mol. The van der Waals surface area contributed by atoms with Crippen LogP contribution in [-0.2, 0) is 22.3 Å². The van der Waals surface area contributed by atoms with E-state index in [2.05, 4.69) is 20.3 Å². The van der Waals surface area contributed by atoms with Crippen LogP contribution in [0.2, 0.25) is 0 Å². The Morgan fingerprint density at radius 2 is 1.67 bits per heavy atom. The largest absolute Gasteiger partial charge is 0.396 e. The van der Waals surface area contributed by atoms with Crippen LogP contribution in [-0.4, -0.2) is 46.2 Å². The van der Waals surface area contributed by atoms with E-state index in [0.29, 0.717) is 19.0 Å². The lowest BCUT2D eigenvalue weighted by molar-refractivity contribution is 0.265. The van der Waals surface area contributed by atoms with Gasteiger partial charge in [-0.1, -0.05) is 54.6 Å². The van der Waals surface area contributed by atoms with Gasteiger partial charge in [-0.15, -0.1) is 24.0 Å². The molecule has 2 rings (SSSR count). The molecule has 2 aromatic carbocycles. The van der Waals surface area contributed by atoms with Crippen molar-refractivity contribution in [2.75, 3.05) is 26.7 Å². The molecule has 30 heavy (non-hydrogen) atoms. The Labute approximate surface area is 196 Å². The van der Waals surface area contributed by atoms with Gasteiger partial charge < -0.3 is 15.7 Å². The number of aliphatic imine (C=N–C) groups is 1. The molecule has 166 valence electrons. The summed E-state index contributed by atoms with van der Waals surface area (Å²) in [6.07, 6.45) is 0. The standard InChI is InChI=1S/C21H30N4O3S.HI/c1-3-23-21(25-14-20(15-26)19-7-5-4-6-8-19)24-13-17-9-11-18(12-10-17)16-29(27,28)22-2;/h4-12,20,22,26H,3,13-16H2,1-2H3,(H2,23,24,25);1H. The lowest BCUT2D eigenvalue weighted by atomic mass is 10.0. The summed E-state index contributed by atoms with van der Waals surface area (Å²) >= 11 is 0. The van der Waals surface area contributed by atoms with Crippen molar-refractivity contribution in [1.29, 1.82) is 0 Å². The Kier molecular flexibility index (Phi) is 11.9.